The number of anilines is 1. The highest BCUT2D eigenvalue weighted by Gasteiger charge is 2.07. The fourth-order valence-electron chi connectivity index (χ4n) is 1.51. The van der Waals surface area contributed by atoms with Gasteiger partial charge in [-0.1, -0.05) is 0 Å². The van der Waals surface area contributed by atoms with E-state index in [0.717, 1.165) is 5.69 Å². The van der Waals surface area contributed by atoms with E-state index in [4.69, 9.17) is 14.9 Å². The average molecular weight is 239 g/mol. The number of aromatic carboxylic acids is 1. The number of hydrogen-bond donors (Lipinski definition) is 2. The molecule has 0 aliphatic carbocycles. The number of carbonyl (C=O) groups is 1. The van der Waals surface area contributed by atoms with Gasteiger partial charge >= 0.3 is 5.97 Å². The van der Waals surface area contributed by atoms with Crippen LogP contribution in [0.3, 0.4) is 0 Å². The molecule has 0 radical (unpaired) electrons. The van der Waals surface area contributed by atoms with Gasteiger partial charge in [-0.05, 0) is 24.3 Å². The van der Waals surface area contributed by atoms with Crippen molar-refractivity contribution in [2.45, 2.75) is 0 Å². The van der Waals surface area contributed by atoms with Gasteiger partial charge < -0.3 is 19.8 Å². The zero-order valence-corrected chi connectivity index (χ0v) is 9.80. The predicted octanol–water partition coefficient (Wildman–Crippen LogP) is 0.830. The first kappa shape index (κ1) is 13.5. The van der Waals surface area contributed by atoms with E-state index in [-0.39, 0.29) is 12.2 Å². The van der Waals surface area contributed by atoms with Crippen LogP contribution in [0.2, 0.25) is 0 Å². The molecule has 94 valence electrons. The van der Waals surface area contributed by atoms with Crippen LogP contribution in [0, 0.1) is 0 Å². The number of rotatable bonds is 7. The third-order valence-corrected chi connectivity index (χ3v) is 2.41. The molecule has 1 rings (SSSR count). The van der Waals surface area contributed by atoms with Crippen LogP contribution in [0.1, 0.15) is 10.4 Å². The van der Waals surface area contributed by atoms with Crippen molar-refractivity contribution in [3.05, 3.63) is 29.8 Å². The molecule has 0 saturated carbocycles. The first-order valence-corrected chi connectivity index (χ1v) is 5.37. The SMILES string of the molecule is COCCN(CCO)c1ccc(C(=O)O)cc1. The van der Waals surface area contributed by atoms with Gasteiger partial charge in [-0.25, -0.2) is 4.79 Å². The number of benzene rings is 1. The Labute approximate surface area is 100 Å². The van der Waals surface area contributed by atoms with E-state index < -0.39 is 5.97 Å². The Morgan fingerprint density at radius 2 is 1.94 bits per heavy atom. The fraction of sp³-hybridized carbons (Fsp3) is 0.417. The van der Waals surface area contributed by atoms with E-state index in [2.05, 4.69) is 0 Å². The van der Waals surface area contributed by atoms with Crippen LogP contribution in [-0.2, 0) is 4.74 Å². The summed E-state index contributed by atoms with van der Waals surface area (Å²) in [7, 11) is 1.62. The van der Waals surface area contributed by atoms with Gasteiger partial charge in [0.05, 0.1) is 18.8 Å². The molecule has 0 amide bonds. The zero-order valence-electron chi connectivity index (χ0n) is 9.80. The van der Waals surface area contributed by atoms with E-state index in [9.17, 15) is 4.79 Å². The van der Waals surface area contributed by atoms with Gasteiger partial charge in [0.2, 0.25) is 0 Å². The van der Waals surface area contributed by atoms with Gasteiger partial charge in [-0.2, -0.15) is 0 Å². The summed E-state index contributed by atoms with van der Waals surface area (Å²) in [6.07, 6.45) is 0. The summed E-state index contributed by atoms with van der Waals surface area (Å²) in [6, 6.07) is 6.56. The molecule has 0 bridgehead atoms. The number of ether oxygens (including phenoxy) is 1. The topological polar surface area (TPSA) is 70.0 Å². The molecule has 0 aliphatic rings. The third kappa shape index (κ3) is 4.05. The number of carboxylic acids is 1. The summed E-state index contributed by atoms with van der Waals surface area (Å²) >= 11 is 0. The highest BCUT2D eigenvalue weighted by Crippen LogP contribution is 2.14. The molecule has 5 heteroatoms. The monoisotopic (exact) mass is 239 g/mol. The van der Waals surface area contributed by atoms with Gasteiger partial charge in [-0.3, -0.25) is 0 Å². The molecule has 0 unspecified atom stereocenters. The van der Waals surface area contributed by atoms with Crippen molar-refractivity contribution in [2.75, 3.05) is 38.3 Å². The molecule has 0 saturated heterocycles. The van der Waals surface area contributed by atoms with E-state index in [0.29, 0.717) is 19.7 Å². The van der Waals surface area contributed by atoms with Gasteiger partial charge in [0, 0.05) is 25.9 Å². The standard InChI is InChI=1S/C12H17NO4/c1-17-9-7-13(6-8-14)11-4-2-10(3-5-11)12(15)16/h2-5,14H,6-9H2,1H3,(H,15,16). The molecule has 0 fully saturated rings. The predicted molar refractivity (Wildman–Crippen MR) is 64.6 cm³/mol. The minimum atomic E-state index is -0.942. The second-order valence-corrected chi connectivity index (χ2v) is 3.56. The number of hydrogen-bond acceptors (Lipinski definition) is 4. The number of nitrogens with zero attached hydrogens (tertiary/aromatic N) is 1. The second kappa shape index (κ2) is 6.88. The average Bonchev–Trinajstić information content (AvgIpc) is 2.34. The Morgan fingerprint density at radius 1 is 1.29 bits per heavy atom. The zero-order chi connectivity index (χ0) is 12.7. The number of aliphatic hydroxyl groups excluding tert-OH is 1. The lowest BCUT2D eigenvalue weighted by molar-refractivity contribution is 0.0697. The van der Waals surface area contributed by atoms with Crippen molar-refractivity contribution in [1.29, 1.82) is 0 Å². The van der Waals surface area contributed by atoms with Crippen molar-refractivity contribution >= 4 is 11.7 Å². The molecule has 1 aromatic rings. The molecule has 1 aromatic carbocycles. The third-order valence-electron chi connectivity index (χ3n) is 2.41. The first-order valence-electron chi connectivity index (χ1n) is 5.37. The van der Waals surface area contributed by atoms with Gasteiger partial charge in [0.15, 0.2) is 0 Å². The van der Waals surface area contributed by atoms with Crippen LogP contribution < -0.4 is 4.90 Å². The van der Waals surface area contributed by atoms with Gasteiger partial charge in [0.25, 0.3) is 0 Å². The Hall–Kier alpha value is -1.59. The van der Waals surface area contributed by atoms with Crippen molar-refractivity contribution in [3.8, 4) is 0 Å². The maximum Gasteiger partial charge on any atom is 0.335 e. The number of aliphatic hydroxyl groups is 1. The minimum Gasteiger partial charge on any atom is -0.478 e. The largest absolute Gasteiger partial charge is 0.478 e. The molecule has 0 atom stereocenters. The van der Waals surface area contributed by atoms with Gasteiger partial charge in [-0.15, -0.1) is 0 Å². The van der Waals surface area contributed by atoms with Crippen LogP contribution >= 0.6 is 0 Å². The maximum absolute atomic E-state index is 10.7. The molecular weight excluding hydrogens is 222 g/mol. The van der Waals surface area contributed by atoms with Crippen LogP contribution in [0.25, 0.3) is 0 Å². The van der Waals surface area contributed by atoms with Crippen molar-refractivity contribution in [2.24, 2.45) is 0 Å². The van der Waals surface area contributed by atoms with Crippen LogP contribution in [-0.4, -0.2) is 49.6 Å². The Bertz CT molecular complexity index is 350. The van der Waals surface area contributed by atoms with E-state index in [1.807, 2.05) is 4.90 Å². The quantitative estimate of drug-likeness (QED) is 0.737. The normalized spacial score (nSPS) is 10.2. The lowest BCUT2D eigenvalue weighted by Gasteiger charge is -2.23. The minimum absolute atomic E-state index is 0.0460. The lowest BCUT2D eigenvalue weighted by atomic mass is 10.2. The summed E-state index contributed by atoms with van der Waals surface area (Å²) in [5.74, 6) is -0.942. The van der Waals surface area contributed by atoms with Crippen molar-refractivity contribution < 1.29 is 19.7 Å². The fourth-order valence-corrected chi connectivity index (χ4v) is 1.51. The summed E-state index contributed by atoms with van der Waals surface area (Å²) in [6.45, 7) is 1.75. The highest BCUT2D eigenvalue weighted by molar-refractivity contribution is 5.88. The van der Waals surface area contributed by atoms with E-state index in [1.54, 1.807) is 31.4 Å². The van der Waals surface area contributed by atoms with Gasteiger partial charge in [0.1, 0.15) is 0 Å². The molecule has 17 heavy (non-hydrogen) atoms. The first-order chi connectivity index (χ1) is 8.19. The maximum atomic E-state index is 10.7. The van der Waals surface area contributed by atoms with Crippen LogP contribution in [0.15, 0.2) is 24.3 Å². The summed E-state index contributed by atoms with van der Waals surface area (Å²) < 4.78 is 4.98. The van der Waals surface area contributed by atoms with Crippen molar-refractivity contribution in [1.82, 2.24) is 0 Å². The Kier molecular flexibility index (Phi) is 5.45. The molecule has 0 spiro atoms. The molecule has 5 nitrogen and oxygen atoms in total. The summed E-state index contributed by atoms with van der Waals surface area (Å²) in [5, 5.41) is 17.7. The molecule has 0 aromatic heterocycles. The van der Waals surface area contributed by atoms with E-state index in [1.165, 1.54) is 0 Å². The highest BCUT2D eigenvalue weighted by atomic mass is 16.5. The molecule has 0 heterocycles. The van der Waals surface area contributed by atoms with Crippen molar-refractivity contribution in [3.63, 3.8) is 0 Å². The smallest absolute Gasteiger partial charge is 0.335 e. The number of carboxylic acid groups (broad SMARTS) is 1. The Balaban J connectivity index is 2.75. The molecular formula is C12H17NO4. The molecule has 0 aliphatic heterocycles. The lowest BCUT2D eigenvalue weighted by Crippen LogP contribution is -2.30. The van der Waals surface area contributed by atoms with Crippen LogP contribution in [0.4, 0.5) is 5.69 Å². The van der Waals surface area contributed by atoms with E-state index >= 15 is 0 Å². The number of methoxy groups -OCH3 is 1. The summed E-state index contributed by atoms with van der Waals surface area (Å²) in [5.41, 5.74) is 1.13. The molecule has 2 N–H and O–H groups in total. The Morgan fingerprint density at radius 3 is 2.41 bits per heavy atom. The van der Waals surface area contributed by atoms with Crippen LogP contribution in [0.5, 0.6) is 0 Å². The summed E-state index contributed by atoms with van der Waals surface area (Å²) in [4.78, 5) is 12.6. The second-order valence-electron chi connectivity index (χ2n) is 3.56.